The standard InChI is InChI=1S/C20H22ClF2N3O5/c1-9(2)17(19(30)24-12(7-15(28)29)14(27)8-22)25-20(31)18-16(21)11-6-10(23)4-5-13(11)26(18)3/h4-6,9,12,17H,7-8H2,1-3H3,(H,24,30)(H,25,31)(H,28,29)/t12?,17-/m0/s1. The summed E-state index contributed by atoms with van der Waals surface area (Å²) >= 11 is 6.27. The van der Waals surface area contributed by atoms with Crippen LogP contribution in [0.3, 0.4) is 0 Å². The van der Waals surface area contributed by atoms with E-state index in [4.69, 9.17) is 16.7 Å². The van der Waals surface area contributed by atoms with E-state index < -0.39 is 60.5 Å². The lowest BCUT2D eigenvalue weighted by Gasteiger charge is -2.24. The first-order chi connectivity index (χ1) is 14.5. The molecule has 0 radical (unpaired) electrons. The van der Waals surface area contributed by atoms with Gasteiger partial charge in [0.2, 0.25) is 5.91 Å². The number of alkyl halides is 1. The fourth-order valence-electron chi connectivity index (χ4n) is 3.14. The van der Waals surface area contributed by atoms with Gasteiger partial charge >= 0.3 is 5.97 Å². The van der Waals surface area contributed by atoms with Crippen LogP contribution < -0.4 is 10.6 Å². The third-order valence-electron chi connectivity index (χ3n) is 4.77. The molecule has 3 N–H and O–H groups in total. The molecule has 2 amide bonds. The minimum Gasteiger partial charge on any atom is -0.481 e. The predicted octanol–water partition coefficient (Wildman–Crippen LogP) is 2.22. The molecule has 2 rings (SSSR count). The Morgan fingerprint density at radius 1 is 1.19 bits per heavy atom. The van der Waals surface area contributed by atoms with Gasteiger partial charge in [0, 0.05) is 12.4 Å². The Hall–Kier alpha value is -3.01. The zero-order valence-corrected chi connectivity index (χ0v) is 17.8. The third kappa shape index (κ3) is 5.38. The van der Waals surface area contributed by atoms with Crippen LogP contribution in [0.25, 0.3) is 10.9 Å². The highest BCUT2D eigenvalue weighted by molar-refractivity contribution is 6.38. The molecule has 0 aliphatic carbocycles. The van der Waals surface area contributed by atoms with Gasteiger partial charge in [-0.05, 0) is 24.1 Å². The molecule has 1 unspecified atom stereocenters. The van der Waals surface area contributed by atoms with Gasteiger partial charge in [0.1, 0.15) is 30.3 Å². The number of halogens is 3. The van der Waals surface area contributed by atoms with Gasteiger partial charge in [0.25, 0.3) is 5.91 Å². The van der Waals surface area contributed by atoms with Crippen molar-refractivity contribution in [1.82, 2.24) is 15.2 Å². The molecular weight excluding hydrogens is 436 g/mol. The van der Waals surface area contributed by atoms with Crippen LogP contribution in [0, 0.1) is 11.7 Å². The van der Waals surface area contributed by atoms with Crippen LogP contribution in [0.2, 0.25) is 5.02 Å². The minimum atomic E-state index is -1.57. The Kier molecular flexibility index (Phi) is 7.72. The van der Waals surface area contributed by atoms with Gasteiger partial charge in [0.05, 0.1) is 17.0 Å². The number of ketones is 1. The van der Waals surface area contributed by atoms with E-state index in [1.165, 1.54) is 22.8 Å². The Morgan fingerprint density at radius 3 is 2.39 bits per heavy atom. The van der Waals surface area contributed by atoms with E-state index in [2.05, 4.69) is 10.6 Å². The summed E-state index contributed by atoms with van der Waals surface area (Å²) in [6.45, 7) is 1.79. The van der Waals surface area contributed by atoms with E-state index >= 15 is 0 Å². The average molecular weight is 458 g/mol. The third-order valence-corrected chi connectivity index (χ3v) is 5.15. The second-order valence-corrected chi connectivity index (χ2v) is 7.72. The largest absolute Gasteiger partial charge is 0.481 e. The molecule has 2 aromatic rings. The number of carbonyl (C=O) groups is 4. The summed E-state index contributed by atoms with van der Waals surface area (Å²) < 4.78 is 27.8. The topological polar surface area (TPSA) is 118 Å². The molecule has 31 heavy (non-hydrogen) atoms. The number of carbonyl (C=O) groups excluding carboxylic acids is 3. The first kappa shape index (κ1) is 24.3. The van der Waals surface area contributed by atoms with Crippen molar-refractivity contribution in [2.24, 2.45) is 13.0 Å². The van der Waals surface area contributed by atoms with Crippen LogP contribution in [0.4, 0.5) is 8.78 Å². The van der Waals surface area contributed by atoms with E-state index in [-0.39, 0.29) is 10.7 Å². The summed E-state index contributed by atoms with van der Waals surface area (Å²) in [5.41, 5.74) is 0.486. The zero-order valence-electron chi connectivity index (χ0n) is 17.0. The van der Waals surface area contributed by atoms with E-state index in [1.54, 1.807) is 20.9 Å². The van der Waals surface area contributed by atoms with Crippen LogP contribution in [0.5, 0.6) is 0 Å². The van der Waals surface area contributed by atoms with Gasteiger partial charge in [-0.15, -0.1) is 0 Å². The maximum Gasteiger partial charge on any atom is 0.305 e. The SMILES string of the molecule is CC(C)[C@H](NC(=O)c1c(Cl)c2cc(F)ccc2n1C)C(=O)NC(CC(=O)O)C(=O)CF. The van der Waals surface area contributed by atoms with Crippen molar-refractivity contribution in [3.05, 3.63) is 34.7 Å². The summed E-state index contributed by atoms with van der Waals surface area (Å²) in [4.78, 5) is 48.1. The number of aromatic nitrogens is 1. The van der Waals surface area contributed by atoms with E-state index in [0.29, 0.717) is 10.9 Å². The summed E-state index contributed by atoms with van der Waals surface area (Å²) in [6, 6.07) is 1.10. The molecule has 0 bridgehead atoms. The highest BCUT2D eigenvalue weighted by Crippen LogP contribution is 2.30. The predicted molar refractivity (Wildman–Crippen MR) is 109 cm³/mol. The lowest BCUT2D eigenvalue weighted by Crippen LogP contribution is -2.54. The van der Waals surface area contributed by atoms with Crippen LogP contribution in [0.15, 0.2) is 18.2 Å². The van der Waals surface area contributed by atoms with Gasteiger partial charge in [0.15, 0.2) is 5.78 Å². The molecule has 11 heteroatoms. The highest BCUT2D eigenvalue weighted by atomic mass is 35.5. The molecule has 0 saturated carbocycles. The normalized spacial score (nSPS) is 13.1. The van der Waals surface area contributed by atoms with Gasteiger partial charge in [-0.2, -0.15) is 0 Å². The quantitative estimate of drug-likeness (QED) is 0.533. The first-order valence-electron chi connectivity index (χ1n) is 9.33. The molecule has 0 aliphatic heterocycles. The van der Waals surface area contributed by atoms with Gasteiger partial charge in [-0.1, -0.05) is 25.4 Å². The molecule has 8 nitrogen and oxygen atoms in total. The molecule has 1 aromatic heterocycles. The monoisotopic (exact) mass is 457 g/mol. The second-order valence-electron chi connectivity index (χ2n) is 7.34. The van der Waals surface area contributed by atoms with Gasteiger partial charge in [-0.3, -0.25) is 19.2 Å². The van der Waals surface area contributed by atoms with Crippen LogP contribution in [-0.4, -0.2) is 52.0 Å². The van der Waals surface area contributed by atoms with Crippen molar-refractivity contribution in [2.75, 3.05) is 6.67 Å². The van der Waals surface area contributed by atoms with Crippen LogP contribution in [-0.2, 0) is 21.4 Å². The van der Waals surface area contributed by atoms with Crippen LogP contribution >= 0.6 is 11.6 Å². The number of nitrogens with zero attached hydrogens (tertiary/aromatic N) is 1. The smallest absolute Gasteiger partial charge is 0.305 e. The van der Waals surface area contributed by atoms with Gasteiger partial charge in [-0.25, -0.2) is 8.78 Å². The number of hydrogen-bond donors (Lipinski definition) is 3. The summed E-state index contributed by atoms with van der Waals surface area (Å²) in [5, 5.41) is 13.9. The second kappa shape index (κ2) is 9.86. The maximum absolute atomic E-state index is 13.6. The molecule has 0 spiro atoms. The van der Waals surface area contributed by atoms with E-state index in [9.17, 15) is 28.0 Å². The van der Waals surface area contributed by atoms with Crippen molar-refractivity contribution >= 4 is 46.1 Å². The number of aryl methyl sites for hydroxylation is 1. The molecular formula is C20H22ClF2N3O5. The van der Waals surface area contributed by atoms with Crippen molar-refractivity contribution < 1.29 is 33.1 Å². The van der Waals surface area contributed by atoms with E-state index in [0.717, 1.165) is 0 Å². The van der Waals surface area contributed by atoms with Gasteiger partial charge < -0.3 is 20.3 Å². The van der Waals surface area contributed by atoms with Crippen molar-refractivity contribution in [3.8, 4) is 0 Å². The molecule has 0 fully saturated rings. The highest BCUT2D eigenvalue weighted by Gasteiger charge is 2.31. The molecule has 0 aliphatic rings. The number of carboxylic acid groups (broad SMARTS) is 1. The summed E-state index contributed by atoms with van der Waals surface area (Å²) in [6.07, 6.45) is -0.798. The van der Waals surface area contributed by atoms with Crippen LogP contribution in [0.1, 0.15) is 30.8 Å². The number of amides is 2. The Bertz CT molecular complexity index is 1040. The number of carboxylic acids is 1. The number of aliphatic carboxylic acids is 1. The molecule has 2 atom stereocenters. The van der Waals surface area contributed by atoms with Crippen molar-refractivity contribution in [2.45, 2.75) is 32.4 Å². The number of fused-ring (bicyclic) bond motifs is 1. The first-order valence-corrected chi connectivity index (χ1v) is 9.70. The number of rotatable bonds is 9. The number of Topliss-reactive ketones (excluding diaryl/α,β-unsaturated/α-hetero) is 1. The molecule has 168 valence electrons. The zero-order chi connectivity index (χ0) is 23.5. The lowest BCUT2D eigenvalue weighted by atomic mass is 10.0. The number of hydrogen-bond acceptors (Lipinski definition) is 4. The Balaban J connectivity index is 2.30. The fraction of sp³-hybridized carbons (Fsp3) is 0.400. The average Bonchev–Trinajstić information content (AvgIpc) is 2.93. The summed E-state index contributed by atoms with van der Waals surface area (Å²) in [5.74, 6) is -5.08. The van der Waals surface area contributed by atoms with Crippen molar-refractivity contribution in [1.29, 1.82) is 0 Å². The minimum absolute atomic E-state index is 0.00576. The number of benzene rings is 1. The lowest BCUT2D eigenvalue weighted by molar-refractivity contribution is -0.140. The fourth-order valence-corrected chi connectivity index (χ4v) is 3.51. The molecule has 1 heterocycles. The Morgan fingerprint density at radius 2 is 1.84 bits per heavy atom. The molecule has 0 saturated heterocycles. The van der Waals surface area contributed by atoms with E-state index in [1.807, 2.05) is 0 Å². The summed E-state index contributed by atoms with van der Waals surface area (Å²) in [7, 11) is 1.55. The maximum atomic E-state index is 13.6. The molecule has 1 aromatic carbocycles. The number of nitrogens with one attached hydrogen (secondary N) is 2. The van der Waals surface area contributed by atoms with Crippen molar-refractivity contribution in [3.63, 3.8) is 0 Å². The Labute approximate surface area is 181 Å².